The summed E-state index contributed by atoms with van der Waals surface area (Å²) >= 11 is 0. The molecule has 2 aromatic carbocycles. The molecule has 0 nitrogen and oxygen atoms in total. The zero-order chi connectivity index (χ0) is 21.1. The quantitative estimate of drug-likeness (QED) is 0.354. The molecule has 0 saturated heterocycles. The zero-order valence-corrected chi connectivity index (χ0v) is 22.1. The fraction of sp³-hybridized carbons (Fsp3) is 0.469. The summed E-state index contributed by atoms with van der Waals surface area (Å²) in [4.78, 5) is 0. The van der Waals surface area contributed by atoms with E-state index in [1.54, 1.807) is 11.1 Å². The van der Waals surface area contributed by atoms with Crippen LogP contribution in [0.15, 0.2) is 72.3 Å². The first-order valence-corrected chi connectivity index (χ1v) is 13.3. The van der Waals surface area contributed by atoms with Crippen molar-refractivity contribution in [1.29, 1.82) is 0 Å². The molecular weight excluding hydrogens is 476 g/mol. The van der Waals surface area contributed by atoms with Gasteiger partial charge in [-0.25, -0.2) is 5.92 Å². The van der Waals surface area contributed by atoms with Crippen LogP contribution in [0.2, 0.25) is 0 Å². The summed E-state index contributed by atoms with van der Waals surface area (Å²) in [5.41, 5.74) is 7.61. The second-order valence-corrected chi connectivity index (χ2v) is 11.4. The largest absolute Gasteiger partial charge is 0.205 e. The molecule has 0 spiro atoms. The van der Waals surface area contributed by atoms with Gasteiger partial charge in [0, 0.05) is 26.2 Å². The number of rotatable bonds is 5. The fourth-order valence-electron chi connectivity index (χ4n) is 8.62. The van der Waals surface area contributed by atoms with Gasteiger partial charge in [0.25, 0.3) is 0 Å². The first-order chi connectivity index (χ1) is 15.8. The minimum atomic E-state index is 0. The van der Waals surface area contributed by atoms with Crippen LogP contribution in [0.3, 0.4) is 0 Å². The summed E-state index contributed by atoms with van der Waals surface area (Å²) < 4.78 is 0. The number of fused-ring (bicyclic) bond motifs is 4. The van der Waals surface area contributed by atoms with Crippen LogP contribution in [0.1, 0.15) is 68.9 Å². The summed E-state index contributed by atoms with van der Waals surface area (Å²) in [6, 6.07) is 22.5. The van der Waals surface area contributed by atoms with Gasteiger partial charge in [0.2, 0.25) is 0 Å². The van der Waals surface area contributed by atoms with E-state index in [1.807, 2.05) is 5.92 Å². The molecule has 0 aromatic heterocycles. The third kappa shape index (κ3) is 3.78. The van der Waals surface area contributed by atoms with E-state index in [2.05, 4.69) is 66.7 Å². The zero-order valence-electron chi connectivity index (χ0n) is 19.7. The molecule has 5 aliphatic rings. The molecule has 7 rings (SSSR count). The van der Waals surface area contributed by atoms with Crippen molar-refractivity contribution >= 4 is 11.1 Å². The Kier molecular flexibility index (Phi) is 6.07. The predicted octanol–water partition coefficient (Wildman–Crippen LogP) is 8.37. The average Bonchev–Trinajstić information content (AvgIpc) is 3.68. The van der Waals surface area contributed by atoms with Crippen molar-refractivity contribution in [3.05, 3.63) is 89.4 Å². The Morgan fingerprint density at radius 2 is 1.15 bits per heavy atom. The molecule has 6 atom stereocenters. The van der Waals surface area contributed by atoms with Crippen LogP contribution in [0.5, 0.6) is 0 Å². The maximum Gasteiger partial charge on any atom is 0 e. The molecule has 0 heterocycles. The van der Waals surface area contributed by atoms with E-state index in [0.717, 1.165) is 41.9 Å². The summed E-state index contributed by atoms with van der Waals surface area (Å²) in [7, 11) is 0. The van der Waals surface area contributed by atoms with Crippen LogP contribution < -0.4 is 0 Å². The summed E-state index contributed by atoms with van der Waals surface area (Å²) in [6.45, 7) is 0. The smallest absolute Gasteiger partial charge is 0 e. The van der Waals surface area contributed by atoms with Crippen LogP contribution in [-0.4, -0.2) is 0 Å². The second kappa shape index (κ2) is 9.04. The summed E-state index contributed by atoms with van der Waals surface area (Å²) in [5.74, 6) is 7.67. The molecule has 168 valence electrons. The van der Waals surface area contributed by atoms with Crippen molar-refractivity contribution in [2.45, 2.75) is 57.8 Å². The molecular formula is C32H35Zr-. The van der Waals surface area contributed by atoms with Gasteiger partial charge in [-0.1, -0.05) is 128 Å². The van der Waals surface area contributed by atoms with Crippen molar-refractivity contribution < 1.29 is 26.2 Å². The molecule has 4 saturated carbocycles. The molecule has 6 unspecified atom stereocenters. The van der Waals surface area contributed by atoms with E-state index < -0.39 is 0 Å². The Labute approximate surface area is 219 Å². The average molecular weight is 511 g/mol. The van der Waals surface area contributed by atoms with E-state index in [1.165, 1.54) is 68.1 Å². The van der Waals surface area contributed by atoms with Crippen molar-refractivity contribution in [2.24, 2.45) is 35.5 Å². The Hall–Kier alpha value is -1.33. The van der Waals surface area contributed by atoms with Crippen LogP contribution in [0.25, 0.3) is 11.1 Å². The first-order valence-electron chi connectivity index (χ1n) is 13.3. The minimum absolute atomic E-state index is 0. The van der Waals surface area contributed by atoms with Gasteiger partial charge in [-0.15, -0.1) is 0 Å². The number of hydrogen-bond donors (Lipinski definition) is 0. The molecule has 0 N–H and O–H groups in total. The first kappa shape index (κ1) is 22.2. The number of allylic oxidation sites excluding steroid dienone is 4. The van der Waals surface area contributed by atoms with E-state index in [4.69, 9.17) is 0 Å². The van der Waals surface area contributed by atoms with Crippen LogP contribution >= 0.6 is 0 Å². The van der Waals surface area contributed by atoms with E-state index in [9.17, 15) is 0 Å². The molecule has 1 heteroatoms. The fourth-order valence-corrected chi connectivity index (χ4v) is 8.62. The van der Waals surface area contributed by atoms with Gasteiger partial charge in [0.05, 0.1) is 0 Å². The number of hydrogen-bond acceptors (Lipinski definition) is 0. The van der Waals surface area contributed by atoms with Gasteiger partial charge in [-0.3, -0.25) is 0 Å². The van der Waals surface area contributed by atoms with Crippen LogP contribution in [0, 0.1) is 41.4 Å². The monoisotopic (exact) mass is 509 g/mol. The Bertz CT molecular complexity index is 1020. The molecule has 4 fully saturated rings. The van der Waals surface area contributed by atoms with E-state index >= 15 is 0 Å². The minimum Gasteiger partial charge on any atom is -0.205 e. The van der Waals surface area contributed by atoms with Gasteiger partial charge < -0.3 is 0 Å². The van der Waals surface area contributed by atoms with Crippen molar-refractivity contribution in [1.82, 2.24) is 0 Å². The molecule has 5 aliphatic carbocycles. The molecule has 0 aliphatic heterocycles. The third-order valence-electron chi connectivity index (χ3n) is 9.85. The van der Waals surface area contributed by atoms with Crippen molar-refractivity contribution in [3.63, 3.8) is 0 Å². The summed E-state index contributed by atoms with van der Waals surface area (Å²) in [6.07, 6.45) is 15.7. The molecule has 4 bridgehead atoms. The predicted molar refractivity (Wildman–Crippen MR) is 134 cm³/mol. The maximum atomic E-state index is 2.56. The second-order valence-electron chi connectivity index (χ2n) is 11.4. The van der Waals surface area contributed by atoms with Crippen molar-refractivity contribution in [2.75, 3.05) is 0 Å². The van der Waals surface area contributed by atoms with Crippen LogP contribution in [0.4, 0.5) is 0 Å². The van der Waals surface area contributed by atoms with Crippen LogP contribution in [-0.2, 0) is 26.2 Å². The van der Waals surface area contributed by atoms with Gasteiger partial charge >= 0.3 is 0 Å². The molecule has 0 radical (unpaired) electrons. The Morgan fingerprint density at radius 1 is 0.606 bits per heavy atom. The SMILES string of the molecule is C1=C(c2ccccc2)C(c2ccccc2)=C([C-](C2CC3CCC2C3)C2CC3CCC2C3)C1.[Zr]. The maximum absolute atomic E-state index is 2.56. The van der Waals surface area contributed by atoms with Gasteiger partial charge in [-0.05, 0) is 48.5 Å². The molecule has 33 heavy (non-hydrogen) atoms. The Balaban J connectivity index is 0.00000206. The van der Waals surface area contributed by atoms with E-state index in [-0.39, 0.29) is 26.2 Å². The molecule has 0 amide bonds. The summed E-state index contributed by atoms with van der Waals surface area (Å²) in [5, 5.41) is 0. The Morgan fingerprint density at radius 3 is 1.64 bits per heavy atom. The van der Waals surface area contributed by atoms with Gasteiger partial charge in [0.1, 0.15) is 0 Å². The normalized spacial score (nSPS) is 34.0. The van der Waals surface area contributed by atoms with Gasteiger partial charge in [0.15, 0.2) is 0 Å². The van der Waals surface area contributed by atoms with Crippen molar-refractivity contribution in [3.8, 4) is 0 Å². The standard InChI is InChI=1S/C32H35.Zr/c1-3-7-23(8-4-1)27-15-16-28(31(27)24-9-5-2-6-10-24)32(29-19-21-11-13-25(29)17-21)30-20-22-12-14-26(30)18-22;/h1-10,15,21-22,25-26,29-30H,11-14,16-20H2;/q-1;. The topological polar surface area (TPSA) is 0 Å². The van der Waals surface area contributed by atoms with Gasteiger partial charge in [-0.2, -0.15) is 11.1 Å². The van der Waals surface area contributed by atoms with E-state index in [0.29, 0.717) is 0 Å². The third-order valence-corrected chi connectivity index (χ3v) is 9.85. The number of benzene rings is 2. The molecule has 2 aromatic rings.